The Labute approximate surface area is 201 Å². The van der Waals surface area contributed by atoms with Gasteiger partial charge in [0.2, 0.25) is 5.91 Å². The largest absolute Gasteiger partial charge is 0.494 e. The molecule has 33 heavy (non-hydrogen) atoms. The van der Waals surface area contributed by atoms with E-state index in [9.17, 15) is 9.59 Å². The van der Waals surface area contributed by atoms with Crippen molar-refractivity contribution in [2.75, 3.05) is 17.7 Å². The number of hydrogen-bond acceptors (Lipinski definition) is 5. The van der Waals surface area contributed by atoms with E-state index in [2.05, 4.69) is 17.2 Å². The van der Waals surface area contributed by atoms with Crippen LogP contribution in [0.3, 0.4) is 0 Å². The summed E-state index contributed by atoms with van der Waals surface area (Å²) in [4.78, 5) is 29.9. The monoisotopic (exact) mass is 471 g/mol. The molecule has 1 amide bonds. The quantitative estimate of drug-likeness (QED) is 0.290. The molecule has 0 saturated carbocycles. The third kappa shape index (κ3) is 8.57. The van der Waals surface area contributed by atoms with Gasteiger partial charge in [0.1, 0.15) is 5.75 Å². The third-order valence-corrected chi connectivity index (χ3v) is 5.32. The van der Waals surface area contributed by atoms with Crippen molar-refractivity contribution in [3.05, 3.63) is 58.9 Å². The van der Waals surface area contributed by atoms with Crippen LogP contribution >= 0.6 is 11.8 Å². The number of ether oxygens (including phenoxy) is 1. The van der Waals surface area contributed by atoms with Gasteiger partial charge in [0.05, 0.1) is 23.3 Å². The number of fused-ring (bicyclic) bond motifs is 1. The first-order chi connectivity index (χ1) is 16.1. The Morgan fingerprint density at radius 3 is 2.33 bits per heavy atom. The summed E-state index contributed by atoms with van der Waals surface area (Å²) in [6.07, 6.45) is 1.85. The fraction of sp³-hybridized carbons (Fsp3) is 0.423. The molecule has 0 fully saturated rings. The van der Waals surface area contributed by atoms with Crippen LogP contribution in [-0.4, -0.2) is 27.8 Å². The molecule has 1 N–H and O–H groups in total. The van der Waals surface area contributed by atoms with Crippen LogP contribution in [0, 0.1) is 0 Å². The summed E-state index contributed by atoms with van der Waals surface area (Å²) in [5.74, 6) is 0.785. The number of aromatic nitrogens is 2. The van der Waals surface area contributed by atoms with Crippen molar-refractivity contribution < 1.29 is 9.53 Å². The second-order valence-electron chi connectivity index (χ2n) is 6.52. The zero-order valence-corrected chi connectivity index (χ0v) is 21.5. The van der Waals surface area contributed by atoms with Crippen molar-refractivity contribution in [1.82, 2.24) is 9.55 Å². The topological polar surface area (TPSA) is 73.2 Å². The van der Waals surface area contributed by atoms with Crippen molar-refractivity contribution in [3.8, 4) is 5.75 Å². The Balaban J connectivity index is 0.00000129. The molecule has 0 radical (unpaired) electrons. The molecule has 0 spiro atoms. The normalized spacial score (nSPS) is 9.88. The van der Waals surface area contributed by atoms with Crippen LogP contribution in [0.4, 0.5) is 5.69 Å². The molecular weight excluding hydrogens is 434 g/mol. The van der Waals surface area contributed by atoms with Crippen LogP contribution in [0.2, 0.25) is 0 Å². The first-order valence-electron chi connectivity index (χ1n) is 11.8. The van der Waals surface area contributed by atoms with Gasteiger partial charge in [-0.25, -0.2) is 4.98 Å². The average molecular weight is 472 g/mol. The molecule has 180 valence electrons. The molecule has 0 saturated heterocycles. The first-order valence-corrected chi connectivity index (χ1v) is 12.8. The van der Waals surface area contributed by atoms with E-state index >= 15 is 0 Å². The maximum atomic E-state index is 12.9. The van der Waals surface area contributed by atoms with Crippen LogP contribution in [0.15, 0.2) is 58.5 Å². The van der Waals surface area contributed by atoms with E-state index in [1.54, 1.807) is 22.8 Å². The summed E-state index contributed by atoms with van der Waals surface area (Å²) in [6, 6.07) is 14.6. The number of unbranched alkanes of at least 4 members (excludes halogenated alkanes) is 1. The van der Waals surface area contributed by atoms with E-state index in [1.807, 2.05) is 65.0 Å². The molecule has 1 aromatic heterocycles. The maximum absolute atomic E-state index is 12.9. The van der Waals surface area contributed by atoms with Crippen LogP contribution in [0.25, 0.3) is 10.9 Å². The lowest BCUT2D eigenvalue weighted by molar-refractivity contribution is -0.113. The molecule has 0 atom stereocenters. The molecule has 1 heterocycles. The van der Waals surface area contributed by atoms with Gasteiger partial charge < -0.3 is 10.1 Å². The van der Waals surface area contributed by atoms with Crippen LogP contribution in [0.5, 0.6) is 5.75 Å². The number of anilines is 1. The van der Waals surface area contributed by atoms with Gasteiger partial charge in [0, 0.05) is 12.2 Å². The van der Waals surface area contributed by atoms with Gasteiger partial charge in [-0.05, 0) is 49.7 Å². The number of nitrogens with one attached hydrogen (secondary N) is 1. The van der Waals surface area contributed by atoms with E-state index in [1.165, 1.54) is 11.8 Å². The van der Waals surface area contributed by atoms with Gasteiger partial charge in [0.15, 0.2) is 5.16 Å². The molecule has 3 rings (SSSR count). The summed E-state index contributed by atoms with van der Waals surface area (Å²) >= 11 is 1.28. The number of benzene rings is 2. The number of thioether (sulfide) groups is 1. The second kappa shape index (κ2) is 15.9. The highest BCUT2D eigenvalue weighted by atomic mass is 32.2. The minimum Gasteiger partial charge on any atom is -0.494 e. The standard InChI is InChI=1S/C22H25N3O3S.2C2H6/c1-3-5-14-25-21(27)18-8-6-7-9-19(18)24-22(25)29-15-20(26)23-16-10-12-17(13-11-16)28-4-2;2*1-2/h6-13H,3-5,14-15H2,1-2H3,(H,23,26);2*1-2H3. The predicted molar refractivity (Wildman–Crippen MR) is 141 cm³/mol. The number of nitrogens with zero attached hydrogens (tertiary/aromatic N) is 2. The molecule has 0 bridgehead atoms. The Hall–Kier alpha value is -2.80. The van der Waals surface area contributed by atoms with Gasteiger partial charge in [-0.3, -0.25) is 14.2 Å². The SMILES string of the molecule is CC.CC.CCCCn1c(SCC(=O)Nc2ccc(OCC)cc2)nc2ccccc2c1=O. The molecule has 7 heteroatoms. The van der Waals surface area contributed by atoms with Crippen LogP contribution in [0.1, 0.15) is 54.4 Å². The van der Waals surface area contributed by atoms with Crippen molar-refractivity contribution >= 4 is 34.3 Å². The van der Waals surface area contributed by atoms with E-state index in [0.29, 0.717) is 34.9 Å². The molecule has 0 unspecified atom stereocenters. The van der Waals surface area contributed by atoms with Crippen molar-refractivity contribution in [3.63, 3.8) is 0 Å². The number of amides is 1. The van der Waals surface area contributed by atoms with Gasteiger partial charge in [0.25, 0.3) is 5.56 Å². The Bertz CT molecular complexity index is 1030. The zero-order chi connectivity index (χ0) is 24.6. The minimum absolute atomic E-state index is 0.0570. The summed E-state index contributed by atoms with van der Waals surface area (Å²) in [5.41, 5.74) is 1.30. The Morgan fingerprint density at radius 2 is 1.70 bits per heavy atom. The Morgan fingerprint density at radius 1 is 1.03 bits per heavy atom. The Kier molecular flexibility index (Phi) is 13.6. The molecular formula is C26H37N3O3S. The minimum atomic E-state index is -0.149. The first kappa shape index (κ1) is 28.2. The number of carbonyl (C=O) groups is 1. The lowest BCUT2D eigenvalue weighted by atomic mass is 10.2. The molecule has 0 aliphatic heterocycles. The highest BCUT2D eigenvalue weighted by molar-refractivity contribution is 7.99. The average Bonchev–Trinajstić information content (AvgIpc) is 2.86. The molecule has 6 nitrogen and oxygen atoms in total. The lowest BCUT2D eigenvalue weighted by Crippen LogP contribution is -2.24. The maximum Gasteiger partial charge on any atom is 0.262 e. The second-order valence-corrected chi connectivity index (χ2v) is 7.46. The summed E-state index contributed by atoms with van der Waals surface area (Å²) in [6.45, 7) is 13.2. The predicted octanol–water partition coefficient (Wildman–Crippen LogP) is 6.38. The third-order valence-electron chi connectivity index (χ3n) is 4.34. The highest BCUT2D eigenvalue weighted by Gasteiger charge is 2.13. The number of para-hydroxylation sites is 1. The zero-order valence-electron chi connectivity index (χ0n) is 20.7. The highest BCUT2D eigenvalue weighted by Crippen LogP contribution is 2.20. The van der Waals surface area contributed by atoms with Crippen LogP contribution < -0.4 is 15.6 Å². The smallest absolute Gasteiger partial charge is 0.262 e. The number of hydrogen-bond donors (Lipinski definition) is 1. The summed E-state index contributed by atoms with van der Waals surface area (Å²) in [5, 5.41) is 4.04. The molecule has 3 aromatic rings. The van der Waals surface area contributed by atoms with Gasteiger partial charge in [-0.15, -0.1) is 0 Å². The van der Waals surface area contributed by atoms with Gasteiger partial charge >= 0.3 is 0 Å². The van der Waals surface area contributed by atoms with Crippen molar-refractivity contribution in [2.24, 2.45) is 0 Å². The summed E-state index contributed by atoms with van der Waals surface area (Å²) < 4.78 is 7.09. The van der Waals surface area contributed by atoms with E-state index < -0.39 is 0 Å². The van der Waals surface area contributed by atoms with E-state index in [-0.39, 0.29) is 17.2 Å². The lowest BCUT2D eigenvalue weighted by Gasteiger charge is -2.13. The summed E-state index contributed by atoms with van der Waals surface area (Å²) in [7, 11) is 0. The van der Waals surface area contributed by atoms with E-state index in [0.717, 1.165) is 18.6 Å². The number of carbonyl (C=O) groups excluding carboxylic acids is 1. The van der Waals surface area contributed by atoms with Crippen molar-refractivity contribution in [2.45, 2.75) is 66.1 Å². The van der Waals surface area contributed by atoms with E-state index in [4.69, 9.17) is 4.74 Å². The van der Waals surface area contributed by atoms with Gasteiger partial charge in [-0.2, -0.15) is 0 Å². The van der Waals surface area contributed by atoms with Crippen LogP contribution in [-0.2, 0) is 11.3 Å². The number of rotatable bonds is 9. The molecule has 0 aliphatic carbocycles. The fourth-order valence-electron chi connectivity index (χ4n) is 2.90. The molecule has 0 aliphatic rings. The van der Waals surface area contributed by atoms with Gasteiger partial charge in [-0.1, -0.05) is 64.9 Å². The fourth-order valence-corrected chi connectivity index (χ4v) is 3.72. The van der Waals surface area contributed by atoms with Crippen molar-refractivity contribution in [1.29, 1.82) is 0 Å². The molecule has 2 aromatic carbocycles.